The number of phenolic OH excluding ortho intramolecular Hbond substituents is 1. The Labute approximate surface area is 132 Å². The maximum absolute atomic E-state index is 11.9. The number of hydrogen-bond acceptors (Lipinski definition) is 6. The van der Waals surface area contributed by atoms with E-state index in [9.17, 15) is 14.7 Å². The average Bonchev–Trinajstić information content (AvgIpc) is 2.49. The number of methoxy groups -OCH3 is 1. The molecule has 0 bridgehead atoms. The predicted octanol–water partition coefficient (Wildman–Crippen LogP) is 1.90. The van der Waals surface area contributed by atoms with E-state index in [0.29, 0.717) is 11.3 Å². The first-order chi connectivity index (χ1) is 10.1. The van der Waals surface area contributed by atoms with Gasteiger partial charge in [0.15, 0.2) is 0 Å². The molecule has 0 aromatic heterocycles. The summed E-state index contributed by atoms with van der Waals surface area (Å²) >= 11 is 2.82. The molecule has 0 radical (unpaired) electrons. The van der Waals surface area contributed by atoms with Crippen LogP contribution in [0, 0.1) is 0 Å². The summed E-state index contributed by atoms with van der Waals surface area (Å²) in [6.07, 6.45) is 2.46. The van der Waals surface area contributed by atoms with E-state index in [1.807, 2.05) is 6.26 Å². The number of rotatable bonds is 8. The third-order valence-electron chi connectivity index (χ3n) is 2.66. The van der Waals surface area contributed by atoms with Crippen LogP contribution in [0.1, 0.15) is 6.42 Å². The molecule has 0 aliphatic heterocycles. The zero-order valence-corrected chi connectivity index (χ0v) is 13.6. The number of para-hydroxylation sites is 1. The molecule has 0 aliphatic carbocycles. The van der Waals surface area contributed by atoms with Crippen LogP contribution in [0.5, 0.6) is 5.75 Å². The topological polar surface area (TPSA) is 75.6 Å². The molecule has 116 valence electrons. The highest BCUT2D eigenvalue weighted by Crippen LogP contribution is 2.27. The van der Waals surface area contributed by atoms with Crippen molar-refractivity contribution in [1.82, 2.24) is 5.32 Å². The molecule has 0 aliphatic rings. The van der Waals surface area contributed by atoms with Crippen LogP contribution in [0.3, 0.4) is 0 Å². The lowest BCUT2D eigenvalue weighted by Crippen LogP contribution is -2.42. The fraction of sp³-hybridized carbons (Fsp3) is 0.429. The number of phenols is 1. The number of benzene rings is 1. The minimum absolute atomic E-state index is 0.129. The van der Waals surface area contributed by atoms with Crippen LogP contribution in [-0.2, 0) is 14.3 Å². The highest BCUT2D eigenvalue weighted by Gasteiger charge is 2.21. The Morgan fingerprint density at radius 1 is 1.38 bits per heavy atom. The van der Waals surface area contributed by atoms with Gasteiger partial charge in [-0.3, -0.25) is 4.79 Å². The van der Waals surface area contributed by atoms with Gasteiger partial charge in [0.05, 0.1) is 12.9 Å². The molecule has 0 unspecified atom stereocenters. The van der Waals surface area contributed by atoms with Crippen molar-refractivity contribution in [3.8, 4) is 5.75 Å². The quantitative estimate of drug-likeness (QED) is 0.560. The van der Waals surface area contributed by atoms with Gasteiger partial charge < -0.3 is 15.2 Å². The van der Waals surface area contributed by atoms with Crippen LogP contribution < -0.4 is 5.32 Å². The van der Waals surface area contributed by atoms with Gasteiger partial charge in [0.2, 0.25) is 5.91 Å². The summed E-state index contributed by atoms with van der Waals surface area (Å²) in [6.45, 7) is 0. The maximum Gasteiger partial charge on any atom is 0.328 e. The monoisotopic (exact) mass is 329 g/mol. The molecule has 0 fully saturated rings. The summed E-state index contributed by atoms with van der Waals surface area (Å²) in [4.78, 5) is 24.1. The van der Waals surface area contributed by atoms with E-state index in [2.05, 4.69) is 10.1 Å². The van der Waals surface area contributed by atoms with Gasteiger partial charge in [-0.2, -0.15) is 11.8 Å². The first kappa shape index (κ1) is 17.7. The Kier molecular flexibility index (Phi) is 8.07. The highest BCUT2D eigenvalue weighted by atomic mass is 32.2. The standard InChI is InChI=1S/C14H19NO4S2/c1-19-14(18)10(7-8-20-2)15-13(17)9-21-12-6-4-3-5-11(12)16/h3-6,10,16H,7-9H2,1-2H3,(H,15,17)/t10-/m1/s1. The SMILES string of the molecule is COC(=O)[C@@H](CCSC)NC(=O)CSc1ccccc1O. The number of esters is 1. The van der Waals surface area contributed by atoms with E-state index in [0.717, 1.165) is 5.75 Å². The Hall–Kier alpha value is -1.34. The number of thioether (sulfide) groups is 2. The molecule has 0 spiro atoms. The van der Waals surface area contributed by atoms with Gasteiger partial charge in [-0.15, -0.1) is 11.8 Å². The van der Waals surface area contributed by atoms with Crippen molar-refractivity contribution in [1.29, 1.82) is 0 Å². The predicted molar refractivity (Wildman–Crippen MR) is 85.8 cm³/mol. The summed E-state index contributed by atoms with van der Waals surface area (Å²) in [5.74, 6) is 0.323. The van der Waals surface area contributed by atoms with E-state index in [-0.39, 0.29) is 17.4 Å². The molecule has 7 heteroatoms. The normalized spacial score (nSPS) is 11.7. The molecule has 0 saturated carbocycles. The fourth-order valence-corrected chi connectivity index (χ4v) is 2.82. The van der Waals surface area contributed by atoms with Crippen molar-refractivity contribution >= 4 is 35.4 Å². The Bertz CT molecular complexity index is 482. The molecular weight excluding hydrogens is 310 g/mol. The van der Waals surface area contributed by atoms with Gasteiger partial charge in [-0.1, -0.05) is 12.1 Å². The number of carbonyl (C=O) groups is 2. The van der Waals surface area contributed by atoms with E-state index >= 15 is 0 Å². The fourth-order valence-electron chi connectivity index (χ4n) is 1.59. The van der Waals surface area contributed by atoms with Gasteiger partial charge in [-0.05, 0) is 30.6 Å². The third kappa shape index (κ3) is 6.31. The zero-order valence-electron chi connectivity index (χ0n) is 12.0. The van der Waals surface area contributed by atoms with Gasteiger partial charge >= 0.3 is 5.97 Å². The van der Waals surface area contributed by atoms with Gasteiger partial charge in [-0.25, -0.2) is 4.79 Å². The van der Waals surface area contributed by atoms with Crippen LogP contribution in [0.4, 0.5) is 0 Å². The third-order valence-corrected chi connectivity index (χ3v) is 4.36. The number of aromatic hydroxyl groups is 1. The van der Waals surface area contributed by atoms with Crippen LogP contribution in [-0.4, -0.2) is 47.9 Å². The first-order valence-corrected chi connectivity index (χ1v) is 8.73. The minimum atomic E-state index is -0.625. The van der Waals surface area contributed by atoms with Crippen molar-refractivity contribution in [2.24, 2.45) is 0 Å². The van der Waals surface area contributed by atoms with Gasteiger partial charge in [0, 0.05) is 4.90 Å². The van der Waals surface area contributed by atoms with E-state index in [4.69, 9.17) is 0 Å². The molecule has 5 nitrogen and oxygen atoms in total. The van der Waals surface area contributed by atoms with Crippen molar-refractivity contribution in [3.05, 3.63) is 24.3 Å². The summed E-state index contributed by atoms with van der Waals surface area (Å²) in [5, 5.41) is 12.3. The number of carbonyl (C=O) groups excluding carboxylic acids is 2. The lowest BCUT2D eigenvalue weighted by Gasteiger charge is -2.15. The summed E-state index contributed by atoms with van der Waals surface area (Å²) in [5.41, 5.74) is 0. The first-order valence-electron chi connectivity index (χ1n) is 6.35. The summed E-state index contributed by atoms with van der Waals surface area (Å²) < 4.78 is 4.68. The summed E-state index contributed by atoms with van der Waals surface area (Å²) in [6, 6.07) is 6.18. The zero-order chi connectivity index (χ0) is 15.7. The van der Waals surface area contributed by atoms with Crippen LogP contribution >= 0.6 is 23.5 Å². The molecule has 1 rings (SSSR count). The highest BCUT2D eigenvalue weighted by molar-refractivity contribution is 8.00. The molecule has 1 aromatic carbocycles. The minimum Gasteiger partial charge on any atom is -0.507 e. The van der Waals surface area contributed by atoms with E-state index < -0.39 is 12.0 Å². The lowest BCUT2D eigenvalue weighted by atomic mass is 10.2. The molecule has 1 amide bonds. The Morgan fingerprint density at radius 3 is 2.71 bits per heavy atom. The number of nitrogens with one attached hydrogen (secondary N) is 1. The number of ether oxygens (including phenoxy) is 1. The van der Waals surface area contributed by atoms with Crippen LogP contribution in [0.15, 0.2) is 29.2 Å². The maximum atomic E-state index is 11.9. The van der Waals surface area contributed by atoms with Crippen molar-refractivity contribution in [2.45, 2.75) is 17.4 Å². The largest absolute Gasteiger partial charge is 0.507 e. The van der Waals surface area contributed by atoms with Gasteiger partial charge in [0.25, 0.3) is 0 Å². The molecule has 1 aromatic rings. The van der Waals surface area contributed by atoms with Crippen molar-refractivity contribution < 1.29 is 19.4 Å². The number of hydrogen-bond donors (Lipinski definition) is 2. The Balaban J connectivity index is 2.50. The second-order valence-corrected chi connectivity index (χ2v) is 6.18. The molecule has 0 saturated heterocycles. The lowest BCUT2D eigenvalue weighted by molar-refractivity contribution is -0.144. The molecule has 1 atom stereocenters. The molecule has 21 heavy (non-hydrogen) atoms. The van der Waals surface area contributed by atoms with Crippen LogP contribution in [0.25, 0.3) is 0 Å². The molecule has 0 heterocycles. The number of amides is 1. The second-order valence-electron chi connectivity index (χ2n) is 4.18. The molecular formula is C14H19NO4S2. The van der Waals surface area contributed by atoms with E-state index in [1.165, 1.54) is 18.9 Å². The average molecular weight is 329 g/mol. The van der Waals surface area contributed by atoms with E-state index in [1.54, 1.807) is 36.0 Å². The second kappa shape index (κ2) is 9.57. The molecule has 2 N–H and O–H groups in total. The smallest absolute Gasteiger partial charge is 0.328 e. The van der Waals surface area contributed by atoms with Gasteiger partial charge in [0.1, 0.15) is 11.8 Å². The van der Waals surface area contributed by atoms with Crippen LogP contribution in [0.2, 0.25) is 0 Å². The van der Waals surface area contributed by atoms with Crippen molar-refractivity contribution in [2.75, 3.05) is 24.9 Å². The summed E-state index contributed by atoms with van der Waals surface area (Å²) in [7, 11) is 1.30. The Morgan fingerprint density at radius 2 is 2.10 bits per heavy atom. The van der Waals surface area contributed by atoms with Crippen molar-refractivity contribution in [3.63, 3.8) is 0 Å².